The van der Waals surface area contributed by atoms with Crippen molar-refractivity contribution in [1.29, 1.82) is 0 Å². The fourth-order valence-electron chi connectivity index (χ4n) is 15.7. The van der Waals surface area contributed by atoms with Crippen molar-refractivity contribution in [2.45, 2.75) is 266 Å². The van der Waals surface area contributed by atoms with E-state index in [9.17, 15) is 0 Å². The van der Waals surface area contributed by atoms with Gasteiger partial charge in [-0.25, -0.2) is 0 Å². The van der Waals surface area contributed by atoms with Crippen molar-refractivity contribution in [3.63, 3.8) is 0 Å². The topological polar surface area (TPSA) is 3.24 Å². The Kier molecular flexibility index (Phi) is 20.1. The molecule has 326 valence electrons. The van der Waals surface area contributed by atoms with E-state index in [4.69, 9.17) is 0 Å². The van der Waals surface area contributed by atoms with Crippen LogP contribution in [0.1, 0.15) is 236 Å². The molecule has 0 aromatic carbocycles. The Labute approximate surface area is 354 Å². The summed E-state index contributed by atoms with van der Waals surface area (Å²) in [5.74, 6) is 12.8. The van der Waals surface area contributed by atoms with Crippen molar-refractivity contribution in [3.8, 4) is 0 Å². The van der Waals surface area contributed by atoms with E-state index in [2.05, 4.69) is 74.0 Å². The minimum absolute atomic E-state index is 0.793. The first kappa shape index (κ1) is 47.1. The maximum absolute atomic E-state index is 3.45. The normalized spacial score (nSPS) is 38.9. The quantitative estimate of drug-likeness (QED) is 0.105. The molecular formula is C54H102BN. The van der Waals surface area contributed by atoms with Crippen molar-refractivity contribution < 1.29 is 0 Å². The van der Waals surface area contributed by atoms with Crippen LogP contribution in [0.3, 0.4) is 0 Å². The summed E-state index contributed by atoms with van der Waals surface area (Å²) in [7, 11) is 0. The second-order valence-corrected chi connectivity index (χ2v) is 23.2. The largest absolute Gasteiger partial charge is 0.296 e. The third-order valence-corrected chi connectivity index (χ3v) is 19.2. The molecule has 0 bridgehead atoms. The minimum Gasteiger partial charge on any atom is -0.296 e. The van der Waals surface area contributed by atoms with Gasteiger partial charge in [0.15, 0.2) is 0 Å². The fraction of sp³-hybridized carbons (Fsp3) is 1.00. The highest BCUT2D eigenvalue weighted by Crippen LogP contribution is 2.51. The molecule has 15 atom stereocenters. The van der Waals surface area contributed by atoms with Gasteiger partial charge in [0.25, 0.3) is 0 Å². The van der Waals surface area contributed by atoms with Crippen LogP contribution >= 0.6 is 0 Å². The summed E-state index contributed by atoms with van der Waals surface area (Å²) in [6, 6.07) is 1.62. The molecule has 0 N–H and O–H groups in total. The molecule has 1 saturated heterocycles. The molecule has 56 heavy (non-hydrogen) atoms. The molecule has 1 nitrogen and oxygen atoms in total. The second-order valence-electron chi connectivity index (χ2n) is 23.2. The summed E-state index contributed by atoms with van der Waals surface area (Å²) < 4.78 is 0. The van der Waals surface area contributed by atoms with Gasteiger partial charge in [0.1, 0.15) is 6.71 Å². The van der Waals surface area contributed by atoms with Gasteiger partial charge in [-0.15, -0.1) is 0 Å². The molecule has 2 heteroatoms. The summed E-state index contributed by atoms with van der Waals surface area (Å²) in [4.78, 5) is 3.45. The molecule has 5 rings (SSSR count). The molecule has 0 spiro atoms. The average molecular weight is 776 g/mol. The molecule has 15 unspecified atom stereocenters. The van der Waals surface area contributed by atoms with Gasteiger partial charge in [-0.1, -0.05) is 203 Å². The molecule has 1 aliphatic heterocycles. The van der Waals surface area contributed by atoms with Crippen LogP contribution < -0.4 is 0 Å². The van der Waals surface area contributed by atoms with Gasteiger partial charge in [0.2, 0.25) is 0 Å². The molecule has 5 aliphatic rings. The predicted molar refractivity (Wildman–Crippen MR) is 251 cm³/mol. The molecule has 4 aliphatic carbocycles. The maximum Gasteiger partial charge on any atom is 0.143 e. The van der Waals surface area contributed by atoms with E-state index < -0.39 is 0 Å². The molecule has 0 radical (unpaired) electrons. The summed E-state index contributed by atoms with van der Waals surface area (Å²) >= 11 is 0. The van der Waals surface area contributed by atoms with Crippen LogP contribution in [0.2, 0.25) is 18.5 Å². The monoisotopic (exact) mass is 776 g/mol. The summed E-state index contributed by atoms with van der Waals surface area (Å²) in [6.45, 7) is 28.8. The highest BCUT2D eigenvalue weighted by atomic mass is 15.2. The van der Waals surface area contributed by atoms with Crippen molar-refractivity contribution in [2.75, 3.05) is 6.54 Å². The lowest BCUT2D eigenvalue weighted by Crippen LogP contribution is -2.58. The fourth-order valence-corrected chi connectivity index (χ4v) is 15.7. The highest BCUT2D eigenvalue weighted by Gasteiger charge is 2.48. The van der Waals surface area contributed by atoms with E-state index in [1.54, 1.807) is 0 Å². The van der Waals surface area contributed by atoms with Crippen LogP contribution in [-0.2, 0) is 0 Å². The van der Waals surface area contributed by atoms with Gasteiger partial charge >= 0.3 is 0 Å². The molecule has 4 saturated carbocycles. The number of rotatable bonds is 17. The van der Waals surface area contributed by atoms with Crippen LogP contribution in [0.5, 0.6) is 0 Å². The lowest BCUT2D eigenvalue weighted by atomic mass is 9.29. The van der Waals surface area contributed by atoms with Crippen LogP contribution in [0, 0.1) is 71.0 Å². The first-order chi connectivity index (χ1) is 27.0. The Hall–Kier alpha value is 0.0249. The van der Waals surface area contributed by atoms with Crippen molar-refractivity contribution in [3.05, 3.63) is 0 Å². The van der Waals surface area contributed by atoms with Crippen LogP contribution in [0.25, 0.3) is 0 Å². The molecular weight excluding hydrogens is 673 g/mol. The number of unbranched alkanes of at least 4 members (excludes halogenated alkanes) is 2. The Morgan fingerprint density at radius 2 is 1.29 bits per heavy atom. The standard InChI is InChI=1S/C54H102BN/c1-11-13-15-26-43(7)51(34-22-27-40(4)47-31-20-24-39(3)35-47)55(10)52-37-53(45(9)36-44(52)8)56-38-48(49-33-19-18-25-41(49)5)32-21-28-42(6)50(23-12-2)54(56)46-29-16-14-17-30-46/h39-54H,11-38H2,1-10H3. The maximum atomic E-state index is 3.45. The number of hydrogen-bond acceptors (Lipinski definition) is 1. The first-order valence-corrected chi connectivity index (χ1v) is 26.8. The third-order valence-electron chi connectivity index (χ3n) is 19.2. The smallest absolute Gasteiger partial charge is 0.143 e. The van der Waals surface area contributed by atoms with Gasteiger partial charge in [-0.3, -0.25) is 4.90 Å². The zero-order valence-electron chi connectivity index (χ0n) is 40.1. The summed E-state index contributed by atoms with van der Waals surface area (Å²) in [5.41, 5.74) is 0. The summed E-state index contributed by atoms with van der Waals surface area (Å²) in [6.07, 6.45) is 40.0. The van der Waals surface area contributed by atoms with E-state index in [0.29, 0.717) is 0 Å². The molecule has 0 amide bonds. The third kappa shape index (κ3) is 12.8. The Morgan fingerprint density at radius 1 is 0.589 bits per heavy atom. The number of nitrogens with zero attached hydrogens (tertiary/aromatic N) is 1. The summed E-state index contributed by atoms with van der Waals surface area (Å²) in [5, 5.41) is 0. The van der Waals surface area contributed by atoms with E-state index in [1.807, 2.05) is 0 Å². The van der Waals surface area contributed by atoms with Crippen molar-refractivity contribution >= 4 is 6.71 Å². The number of hydrogen-bond donors (Lipinski definition) is 0. The first-order valence-electron chi connectivity index (χ1n) is 26.8. The SMILES string of the molecule is CCCCCC(C)C(CCCC(C)C1CCCC(C)C1)B(C)C1CC(N2CC(C3CCCCC3C)CCCC(C)C(CCC)C2C2CCCCC2)C(C)CC1C. The van der Waals surface area contributed by atoms with Crippen molar-refractivity contribution in [2.24, 2.45) is 71.0 Å². The molecule has 5 fully saturated rings. The molecule has 0 aromatic heterocycles. The van der Waals surface area contributed by atoms with E-state index in [1.165, 1.54) is 180 Å². The van der Waals surface area contributed by atoms with E-state index in [-0.39, 0.29) is 0 Å². The second kappa shape index (κ2) is 23.9. The van der Waals surface area contributed by atoms with E-state index >= 15 is 0 Å². The van der Waals surface area contributed by atoms with Crippen LogP contribution in [-0.4, -0.2) is 30.2 Å². The van der Waals surface area contributed by atoms with Gasteiger partial charge in [-0.2, -0.15) is 0 Å². The van der Waals surface area contributed by atoms with Gasteiger partial charge < -0.3 is 0 Å². The van der Waals surface area contributed by atoms with Crippen molar-refractivity contribution in [1.82, 2.24) is 4.90 Å². The highest BCUT2D eigenvalue weighted by molar-refractivity contribution is 6.60. The Bertz CT molecular complexity index is 1050. The van der Waals surface area contributed by atoms with Crippen LogP contribution in [0.15, 0.2) is 0 Å². The predicted octanol–water partition coefficient (Wildman–Crippen LogP) is 17.1. The molecule has 0 aromatic rings. The van der Waals surface area contributed by atoms with Crippen LogP contribution in [0.4, 0.5) is 0 Å². The lowest BCUT2D eigenvalue weighted by molar-refractivity contribution is -0.0348. The zero-order valence-corrected chi connectivity index (χ0v) is 40.1. The lowest BCUT2D eigenvalue weighted by Gasteiger charge is -2.54. The zero-order chi connectivity index (χ0) is 40.2. The molecule has 1 heterocycles. The Morgan fingerprint density at radius 3 is 2.00 bits per heavy atom. The van der Waals surface area contributed by atoms with E-state index in [0.717, 1.165) is 101 Å². The van der Waals surface area contributed by atoms with Gasteiger partial charge in [0.05, 0.1) is 0 Å². The van der Waals surface area contributed by atoms with Gasteiger partial charge in [0, 0.05) is 18.6 Å². The van der Waals surface area contributed by atoms with Gasteiger partial charge in [-0.05, 0) is 122 Å². The Balaban J connectivity index is 1.43. The average Bonchev–Trinajstić information content (AvgIpc) is 3.25. The minimum atomic E-state index is 0.793.